The largest absolute Gasteiger partial charge is 0.465 e. The fourth-order valence-corrected chi connectivity index (χ4v) is 5.71. The van der Waals surface area contributed by atoms with Gasteiger partial charge in [-0.15, -0.1) is 0 Å². The second kappa shape index (κ2) is 10.2. The first kappa shape index (κ1) is 24.5. The molecular formula is C22H24Cl2N2O5S. The van der Waals surface area contributed by atoms with Crippen molar-refractivity contribution in [2.24, 2.45) is 5.92 Å². The van der Waals surface area contributed by atoms with E-state index in [0.717, 1.165) is 5.56 Å². The van der Waals surface area contributed by atoms with E-state index < -0.39 is 16.0 Å². The predicted molar refractivity (Wildman–Crippen MR) is 125 cm³/mol. The van der Waals surface area contributed by atoms with Crippen LogP contribution in [0, 0.1) is 12.8 Å². The van der Waals surface area contributed by atoms with Crippen LogP contribution in [0.3, 0.4) is 0 Å². The van der Waals surface area contributed by atoms with Crippen molar-refractivity contribution >= 4 is 50.8 Å². The van der Waals surface area contributed by atoms with Crippen LogP contribution in [0.5, 0.6) is 0 Å². The molecule has 172 valence electrons. The van der Waals surface area contributed by atoms with Gasteiger partial charge in [-0.05, 0) is 55.2 Å². The van der Waals surface area contributed by atoms with Gasteiger partial charge in [0.05, 0.1) is 18.4 Å². The number of esters is 1. The molecule has 2 aromatic carbocycles. The number of anilines is 1. The van der Waals surface area contributed by atoms with Crippen molar-refractivity contribution in [2.75, 3.05) is 25.5 Å². The van der Waals surface area contributed by atoms with Gasteiger partial charge >= 0.3 is 5.97 Å². The Labute approximate surface area is 197 Å². The van der Waals surface area contributed by atoms with Crippen molar-refractivity contribution in [3.8, 4) is 0 Å². The van der Waals surface area contributed by atoms with E-state index in [0.29, 0.717) is 39.7 Å². The Morgan fingerprint density at radius 3 is 2.44 bits per heavy atom. The summed E-state index contributed by atoms with van der Waals surface area (Å²) in [5, 5.41) is 3.61. The van der Waals surface area contributed by atoms with E-state index in [1.165, 1.54) is 17.5 Å². The van der Waals surface area contributed by atoms with Crippen molar-refractivity contribution in [3.05, 3.63) is 63.1 Å². The first-order chi connectivity index (χ1) is 15.1. The number of sulfonamides is 1. The molecule has 0 spiro atoms. The quantitative estimate of drug-likeness (QED) is 0.600. The number of benzene rings is 2. The molecule has 0 radical (unpaired) electrons. The van der Waals surface area contributed by atoms with Crippen molar-refractivity contribution in [3.63, 3.8) is 0 Å². The van der Waals surface area contributed by atoms with E-state index >= 15 is 0 Å². The maximum absolute atomic E-state index is 12.8. The van der Waals surface area contributed by atoms with Crippen molar-refractivity contribution in [1.82, 2.24) is 4.31 Å². The maximum atomic E-state index is 12.8. The van der Waals surface area contributed by atoms with Crippen LogP contribution in [0.2, 0.25) is 10.0 Å². The van der Waals surface area contributed by atoms with Crippen LogP contribution in [0.4, 0.5) is 5.69 Å². The summed E-state index contributed by atoms with van der Waals surface area (Å²) in [6.07, 6.45) is 0.796. The molecular weight excluding hydrogens is 475 g/mol. The van der Waals surface area contributed by atoms with Crippen molar-refractivity contribution in [2.45, 2.75) is 25.5 Å². The van der Waals surface area contributed by atoms with Gasteiger partial charge in [0.2, 0.25) is 15.9 Å². The number of piperidine rings is 1. The number of hydrogen-bond acceptors (Lipinski definition) is 5. The summed E-state index contributed by atoms with van der Waals surface area (Å²) in [4.78, 5) is 24.5. The molecule has 0 bridgehead atoms. The maximum Gasteiger partial charge on any atom is 0.337 e. The van der Waals surface area contributed by atoms with Gasteiger partial charge in [0.1, 0.15) is 0 Å². The first-order valence-corrected chi connectivity index (χ1v) is 12.4. The highest BCUT2D eigenvalue weighted by Crippen LogP contribution is 2.27. The molecule has 0 saturated carbocycles. The number of methoxy groups -OCH3 is 1. The fraction of sp³-hybridized carbons (Fsp3) is 0.364. The lowest BCUT2D eigenvalue weighted by Gasteiger charge is -2.30. The standard InChI is InChI=1S/C22H24Cl2N2O5S/c1-14-3-4-16(22(28)31-2)11-20(14)25-21(27)15-7-9-26(10-8-15)32(29,30)13-17-5-6-18(23)12-19(17)24/h3-6,11-12,15H,7-10,13H2,1-2H3,(H,25,27). The number of hydrogen-bond donors (Lipinski definition) is 1. The van der Waals surface area contributed by atoms with Gasteiger partial charge in [0.25, 0.3) is 0 Å². The van der Waals surface area contributed by atoms with Crippen LogP contribution in [0.15, 0.2) is 36.4 Å². The number of ether oxygens (including phenoxy) is 1. The van der Waals surface area contributed by atoms with Crippen LogP contribution < -0.4 is 5.32 Å². The topological polar surface area (TPSA) is 92.8 Å². The third-order valence-corrected chi connectivity index (χ3v) is 7.90. The summed E-state index contributed by atoms with van der Waals surface area (Å²) in [5.41, 5.74) is 2.17. The van der Waals surface area contributed by atoms with Crippen LogP contribution in [-0.4, -0.2) is 44.8 Å². The number of halogens is 2. The monoisotopic (exact) mass is 498 g/mol. The lowest BCUT2D eigenvalue weighted by Crippen LogP contribution is -2.42. The first-order valence-electron chi connectivity index (χ1n) is 10.0. The summed E-state index contributed by atoms with van der Waals surface area (Å²) in [5.74, 6) is -1.24. The average Bonchev–Trinajstić information content (AvgIpc) is 2.76. The third kappa shape index (κ3) is 5.81. The number of nitrogens with one attached hydrogen (secondary N) is 1. The van der Waals surface area contributed by atoms with Crippen LogP contribution in [0.1, 0.15) is 34.3 Å². The molecule has 7 nitrogen and oxygen atoms in total. The Bertz CT molecular complexity index is 1130. The van der Waals surface area contributed by atoms with Gasteiger partial charge in [-0.1, -0.05) is 35.3 Å². The lowest BCUT2D eigenvalue weighted by atomic mass is 9.97. The molecule has 3 rings (SSSR count). The minimum Gasteiger partial charge on any atom is -0.465 e. The zero-order valence-corrected chi connectivity index (χ0v) is 20.1. The summed E-state index contributed by atoms with van der Waals surface area (Å²) in [6.45, 7) is 2.31. The Kier molecular flexibility index (Phi) is 7.82. The van der Waals surface area contributed by atoms with Crippen molar-refractivity contribution in [1.29, 1.82) is 0 Å². The van der Waals surface area contributed by atoms with E-state index in [4.69, 9.17) is 27.9 Å². The number of nitrogens with zero attached hydrogens (tertiary/aromatic N) is 1. The van der Waals surface area contributed by atoms with E-state index in [-0.39, 0.29) is 30.7 Å². The molecule has 1 saturated heterocycles. The molecule has 1 heterocycles. The van der Waals surface area contributed by atoms with E-state index in [1.807, 2.05) is 6.92 Å². The highest BCUT2D eigenvalue weighted by Gasteiger charge is 2.31. The van der Waals surface area contributed by atoms with Crippen molar-refractivity contribution < 1.29 is 22.7 Å². The van der Waals surface area contributed by atoms with Crippen LogP contribution >= 0.6 is 23.2 Å². The minimum atomic E-state index is -3.58. The van der Waals surface area contributed by atoms with Gasteiger partial charge < -0.3 is 10.1 Å². The summed E-state index contributed by atoms with van der Waals surface area (Å²) in [7, 11) is -2.29. The molecule has 1 N–H and O–H groups in total. The van der Waals surface area contributed by atoms with Gasteiger partial charge in [-0.25, -0.2) is 17.5 Å². The summed E-state index contributed by atoms with van der Waals surface area (Å²) in [6, 6.07) is 9.67. The highest BCUT2D eigenvalue weighted by molar-refractivity contribution is 7.88. The molecule has 0 atom stereocenters. The molecule has 2 aromatic rings. The van der Waals surface area contributed by atoms with E-state index in [9.17, 15) is 18.0 Å². The molecule has 0 unspecified atom stereocenters. The Morgan fingerprint density at radius 2 is 1.81 bits per heavy atom. The third-order valence-electron chi connectivity index (χ3n) is 5.49. The van der Waals surface area contributed by atoms with Crippen LogP contribution in [-0.2, 0) is 25.3 Å². The fourth-order valence-electron chi connectivity index (χ4n) is 3.56. The lowest BCUT2D eigenvalue weighted by molar-refractivity contribution is -0.120. The molecule has 1 amide bonds. The Balaban J connectivity index is 1.61. The number of aryl methyl sites for hydroxylation is 1. The Morgan fingerprint density at radius 1 is 1.12 bits per heavy atom. The van der Waals surface area contributed by atoms with Gasteiger partial charge in [-0.3, -0.25) is 4.79 Å². The molecule has 1 aliphatic heterocycles. The minimum absolute atomic E-state index is 0.201. The summed E-state index contributed by atoms with van der Waals surface area (Å²) < 4.78 is 31.8. The van der Waals surface area contributed by atoms with Crippen LogP contribution in [0.25, 0.3) is 0 Å². The molecule has 1 aliphatic rings. The van der Waals surface area contributed by atoms with Gasteiger partial charge in [0, 0.05) is 34.7 Å². The van der Waals surface area contributed by atoms with E-state index in [2.05, 4.69) is 5.32 Å². The number of rotatable bonds is 6. The van der Waals surface area contributed by atoms with E-state index in [1.54, 1.807) is 30.3 Å². The molecule has 32 heavy (non-hydrogen) atoms. The highest BCUT2D eigenvalue weighted by atomic mass is 35.5. The molecule has 10 heteroatoms. The normalized spacial score (nSPS) is 15.4. The van der Waals surface area contributed by atoms with Gasteiger partial charge in [-0.2, -0.15) is 0 Å². The zero-order valence-electron chi connectivity index (χ0n) is 17.7. The second-order valence-corrected chi connectivity index (χ2v) is 10.5. The number of carbonyl (C=O) groups excluding carboxylic acids is 2. The van der Waals surface area contributed by atoms with Gasteiger partial charge in [0.15, 0.2) is 0 Å². The molecule has 0 aromatic heterocycles. The Hall–Kier alpha value is -2.13. The second-order valence-electron chi connectivity index (χ2n) is 7.68. The molecule has 0 aliphatic carbocycles. The zero-order chi connectivity index (χ0) is 23.5. The molecule has 1 fully saturated rings. The smallest absolute Gasteiger partial charge is 0.337 e. The SMILES string of the molecule is COC(=O)c1ccc(C)c(NC(=O)C2CCN(S(=O)(=O)Cc3ccc(Cl)cc3Cl)CC2)c1. The number of carbonyl (C=O) groups is 2. The predicted octanol–water partition coefficient (Wildman–Crippen LogP) is 4.27. The summed E-state index contributed by atoms with van der Waals surface area (Å²) >= 11 is 12.0. The number of amides is 1. The average molecular weight is 499 g/mol.